The van der Waals surface area contributed by atoms with E-state index in [0.29, 0.717) is 0 Å². The molecule has 2 N–H and O–H groups in total. The van der Waals surface area contributed by atoms with Gasteiger partial charge in [0.15, 0.2) is 0 Å². The minimum Gasteiger partial charge on any atom is -0.368 e. The third-order valence-corrected chi connectivity index (χ3v) is 4.29. The molecule has 2 heterocycles. The molecule has 0 amide bonds. The Morgan fingerprint density at radius 2 is 2.00 bits per heavy atom. The summed E-state index contributed by atoms with van der Waals surface area (Å²) in [5.41, 5.74) is 5.05. The topological polar surface area (TPSA) is 83.3 Å². The van der Waals surface area contributed by atoms with E-state index in [1.807, 2.05) is 25.1 Å². The Hall–Kier alpha value is -3.15. The summed E-state index contributed by atoms with van der Waals surface area (Å²) in [5, 5.41) is 15.4. The van der Waals surface area contributed by atoms with Crippen molar-refractivity contribution in [3.63, 3.8) is 0 Å². The Balaban J connectivity index is 1.87. The Kier molecular flexibility index (Phi) is 3.30. The molecule has 1 aliphatic heterocycles. The smallest absolute Gasteiger partial charge is 0.270 e. The number of nitrogens with one attached hydrogen (secondary N) is 2. The van der Waals surface area contributed by atoms with Gasteiger partial charge < -0.3 is 10.3 Å². The Morgan fingerprint density at radius 1 is 1.17 bits per heavy atom. The summed E-state index contributed by atoms with van der Waals surface area (Å²) >= 11 is 0. The van der Waals surface area contributed by atoms with Crippen LogP contribution in [0.2, 0.25) is 0 Å². The van der Waals surface area contributed by atoms with Crippen molar-refractivity contribution in [3.8, 4) is 11.1 Å². The van der Waals surface area contributed by atoms with E-state index in [-0.39, 0.29) is 10.6 Å². The molecule has 4 rings (SSSR count). The summed E-state index contributed by atoms with van der Waals surface area (Å²) in [6, 6.07) is 12.8. The minimum absolute atomic E-state index is 0.0971. The van der Waals surface area contributed by atoms with Gasteiger partial charge in [-0.15, -0.1) is 0 Å². The zero-order valence-corrected chi connectivity index (χ0v) is 13.2. The predicted octanol–water partition coefficient (Wildman–Crippen LogP) is 3.40. The van der Waals surface area contributed by atoms with Crippen molar-refractivity contribution in [1.82, 2.24) is 10.3 Å². The van der Waals surface area contributed by atoms with Gasteiger partial charge in [-0.05, 0) is 30.2 Å². The van der Waals surface area contributed by atoms with Gasteiger partial charge in [-0.25, -0.2) is 0 Å². The molecule has 0 atom stereocenters. The maximum atomic E-state index is 11.0. The van der Waals surface area contributed by atoms with E-state index in [0.717, 1.165) is 52.2 Å². The number of H-pyrrole nitrogens is 1. The summed E-state index contributed by atoms with van der Waals surface area (Å²) in [6.45, 7) is 3.67. The fourth-order valence-corrected chi connectivity index (χ4v) is 3.18. The molecule has 0 unspecified atom stereocenters. The van der Waals surface area contributed by atoms with E-state index in [1.54, 1.807) is 12.1 Å². The van der Waals surface area contributed by atoms with Crippen LogP contribution in [0.15, 0.2) is 47.5 Å². The van der Waals surface area contributed by atoms with Gasteiger partial charge in [0.25, 0.3) is 5.69 Å². The van der Waals surface area contributed by atoms with E-state index >= 15 is 0 Å². The average Bonchev–Trinajstić information content (AvgIpc) is 3.20. The average molecular weight is 320 g/mol. The lowest BCUT2D eigenvalue weighted by molar-refractivity contribution is -0.384. The van der Waals surface area contributed by atoms with E-state index in [2.05, 4.69) is 21.4 Å². The number of fused-ring (bicyclic) bond motifs is 1. The quantitative estimate of drug-likeness (QED) is 0.573. The second-order valence-corrected chi connectivity index (χ2v) is 5.85. The molecule has 2 aromatic carbocycles. The zero-order chi connectivity index (χ0) is 16.7. The monoisotopic (exact) mass is 320 g/mol. The number of amidine groups is 1. The molecule has 120 valence electrons. The first kappa shape index (κ1) is 14.4. The third-order valence-electron chi connectivity index (χ3n) is 4.29. The van der Waals surface area contributed by atoms with Crippen LogP contribution in [0.5, 0.6) is 0 Å². The fraction of sp³-hybridized carbons (Fsp3) is 0.167. The van der Waals surface area contributed by atoms with E-state index in [4.69, 9.17) is 0 Å². The summed E-state index contributed by atoms with van der Waals surface area (Å²) in [4.78, 5) is 18.5. The largest absolute Gasteiger partial charge is 0.368 e. The van der Waals surface area contributed by atoms with Crippen LogP contribution >= 0.6 is 0 Å². The summed E-state index contributed by atoms with van der Waals surface area (Å²) < 4.78 is 0. The van der Waals surface area contributed by atoms with Crippen LogP contribution < -0.4 is 5.32 Å². The molecule has 0 fully saturated rings. The van der Waals surface area contributed by atoms with Crippen molar-refractivity contribution < 1.29 is 4.92 Å². The molecule has 24 heavy (non-hydrogen) atoms. The van der Waals surface area contributed by atoms with Gasteiger partial charge in [0.1, 0.15) is 5.84 Å². The van der Waals surface area contributed by atoms with E-state index in [9.17, 15) is 10.1 Å². The predicted molar refractivity (Wildman–Crippen MR) is 94.5 cm³/mol. The maximum Gasteiger partial charge on any atom is 0.270 e. The zero-order valence-electron chi connectivity index (χ0n) is 13.2. The summed E-state index contributed by atoms with van der Waals surface area (Å²) in [7, 11) is 0. The Labute approximate surface area is 138 Å². The van der Waals surface area contributed by atoms with Crippen molar-refractivity contribution in [2.24, 2.45) is 4.99 Å². The van der Waals surface area contributed by atoms with Gasteiger partial charge in [0.2, 0.25) is 0 Å². The van der Waals surface area contributed by atoms with Crippen molar-refractivity contribution >= 4 is 22.4 Å². The standard InChI is InChI=1S/C18H16N4O2/c1-11-17(18-19-7-8-20-18)15-10-13(5-6-16(15)21-11)12-3-2-4-14(9-12)22(23)24/h2-6,9-10,21H,7-8H2,1H3,(H,19,20). The van der Waals surface area contributed by atoms with Crippen molar-refractivity contribution in [1.29, 1.82) is 0 Å². The SMILES string of the molecule is Cc1[nH]c2ccc(-c3cccc([N+](=O)[O-])c3)cc2c1C1=NCCN1. The number of rotatable bonds is 3. The fourth-order valence-electron chi connectivity index (χ4n) is 3.18. The number of aromatic nitrogens is 1. The molecule has 1 aromatic heterocycles. The van der Waals surface area contributed by atoms with Crippen LogP contribution in [-0.4, -0.2) is 28.8 Å². The number of aliphatic imine (C=N–C) groups is 1. The number of benzene rings is 2. The molecular formula is C18H16N4O2. The molecule has 0 saturated heterocycles. The van der Waals surface area contributed by atoms with Gasteiger partial charge in [0, 0.05) is 40.8 Å². The highest BCUT2D eigenvalue weighted by atomic mass is 16.6. The molecule has 0 spiro atoms. The number of nitrogens with zero attached hydrogens (tertiary/aromatic N) is 2. The van der Waals surface area contributed by atoms with Gasteiger partial charge in [-0.3, -0.25) is 15.1 Å². The highest BCUT2D eigenvalue weighted by Crippen LogP contribution is 2.30. The molecule has 3 aromatic rings. The number of hydrogen-bond donors (Lipinski definition) is 2. The van der Waals surface area contributed by atoms with Crippen LogP contribution in [0.1, 0.15) is 11.3 Å². The molecule has 0 saturated carbocycles. The van der Waals surface area contributed by atoms with Gasteiger partial charge >= 0.3 is 0 Å². The number of aromatic amines is 1. The van der Waals surface area contributed by atoms with Crippen LogP contribution in [0.4, 0.5) is 5.69 Å². The van der Waals surface area contributed by atoms with Crippen molar-refractivity contribution in [2.45, 2.75) is 6.92 Å². The van der Waals surface area contributed by atoms with Gasteiger partial charge in [-0.1, -0.05) is 18.2 Å². The third kappa shape index (κ3) is 2.32. The maximum absolute atomic E-state index is 11.0. The number of aryl methyl sites for hydroxylation is 1. The van der Waals surface area contributed by atoms with Crippen molar-refractivity contribution in [3.05, 3.63) is 63.8 Å². The molecule has 6 heteroatoms. The molecule has 0 aliphatic carbocycles. The van der Waals surface area contributed by atoms with Crippen LogP contribution in [0, 0.1) is 17.0 Å². The molecule has 1 aliphatic rings. The van der Waals surface area contributed by atoms with Crippen molar-refractivity contribution in [2.75, 3.05) is 13.1 Å². The van der Waals surface area contributed by atoms with E-state index < -0.39 is 0 Å². The first-order valence-corrected chi connectivity index (χ1v) is 7.79. The minimum atomic E-state index is -0.370. The lowest BCUT2D eigenvalue weighted by Crippen LogP contribution is -2.19. The second-order valence-electron chi connectivity index (χ2n) is 5.85. The molecule has 6 nitrogen and oxygen atoms in total. The summed E-state index contributed by atoms with van der Waals surface area (Å²) in [6.07, 6.45) is 0. The van der Waals surface area contributed by atoms with Gasteiger partial charge in [-0.2, -0.15) is 0 Å². The number of hydrogen-bond acceptors (Lipinski definition) is 4. The number of nitro groups is 1. The highest BCUT2D eigenvalue weighted by molar-refractivity contribution is 6.12. The first-order chi connectivity index (χ1) is 11.6. The normalized spacial score (nSPS) is 13.8. The number of nitro benzene ring substituents is 1. The second kappa shape index (κ2) is 5.49. The van der Waals surface area contributed by atoms with Crippen LogP contribution in [0.25, 0.3) is 22.0 Å². The molecule has 0 radical (unpaired) electrons. The number of non-ortho nitro benzene ring substituents is 1. The lowest BCUT2D eigenvalue weighted by atomic mass is 10.0. The first-order valence-electron chi connectivity index (χ1n) is 7.79. The Bertz CT molecular complexity index is 988. The highest BCUT2D eigenvalue weighted by Gasteiger charge is 2.17. The Morgan fingerprint density at radius 3 is 2.75 bits per heavy atom. The summed E-state index contributed by atoms with van der Waals surface area (Å²) in [5.74, 6) is 0.912. The van der Waals surface area contributed by atoms with Gasteiger partial charge in [0.05, 0.1) is 11.5 Å². The van der Waals surface area contributed by atoms with Crippen LogP contribution in [-0.2, 0) is 0 Å². The lowest BCUT2D eigenvalue weighted by Gasteiger charge is -2.05. The van der Waals surface area contributed by atoms with Crippen LogP contribution in [0.3, 0.4) is 0 Å². The molecule has 0 bridgehead atoms. The van der Waals surface area contributed by atoms with E-state index in [1.165, 1.54) is 6.07 Å². The molecular weight excluding hydrogens is 304 g/mol.